The highest BCUT2D eigenvalue weighted by Gasteiger charge is 2.17. The zero-order chi connectivity index (χ0) is 26.7. The second kappa shape index (κ2) is 14.2. The van der Waals surface area contributed by atoms with Crippen LogP contribution in [-0.2, 0) is 24.3 Å². The molecule has 5 nitrogen and oxygen atoms in total. The molecular weight excluding hydrogens is 446 g/mol. The van der Waals surface area contributed by atoms with Crippen molar-refractivity contribution < 1.29 is 9.59 Å². The van der Waals surface area contributed by atoms with Gasteiger partial charge < -0.3 is 10.6 Å². The summed E-state index contributed by atoms with van der Waals surface area (Å²) in [6.45, 7) is 16.7. The van der Waals surface area contributed by atoms with Crippen LogP contribution in [-0.4, -0.2) is 23.3 Å². The summed E-state index contributed by atoms with van der Waals surface area (Å²) >= 11 is 0. The number of carbonyl (C=O) groups excluding carboxylic acids is 2. The molecule has 0 saturated heterocycles. The number of nitrogens with one attached hydrogen (secondary N) is 2. The van der Waals surface area contributed by atoms with E-state index in [4.69, 9.17) is 0 Å². The molecule has 0 saturated carbocycles. The van der Waals surface area contributed by atoms with Gasteiger partial charge in [0, 0.05) is 32.2 Å². The molecule has 0 atom stereocenters. The van der Waals surface area contributed by atoms with Crippen molar-refractivity contribution in [2.24, 2.45) is 0 Å². The lowest BCUT2D eigenvalue weighted by Crippen LogP contribution is -2.30. The number of amides is 2. The zero-order valence-corrected chi connectivity index (χ0v) is 22.9. The highest BCUT2D eigenvalue weighted by molar-refractivity contribution is 6.09. The first-order valence-corrected chi connectivity index (χ1v) is 13.0. The van der Waals surface area contributed by atoms with Crippen molar-refractivity contribution in [3.63, 3.8) is 0 Å². The van der Waals surface area contributed by atoms with E-state index < -0.39 is 0 Å². The monoisotopic (exact) mass is 487 g/mol. The molecular formula is C31H41N3O2. The highest BCUT2D eigenvalue weighted by atomic mass is 16.2. The lowest BCUT2D eigenvalue weighted by atomic mass is 9.94. The molecule has 1 heterocycles. The van der Waals surface area contributed by atoms with E-state index >= 15 is 0 Å². The van der Waals surface area contributed by atoms with Gasteiger partial charge in [-0.1, -0.05) is 64.1 Å². The van der Waals surface area contributed by atoms with E-state index in [0.29, 0.717) is 11.3 Å². The summed E-state index contributed by atoms with van der Waals surface area (Å²) in [6.07, 6.45) is 1.08. The Kier molecular flexibility index (Phi) is 11.4. The molecule has 5 heteroatoms. The zero-order valence-electron chi connectivity index (χ0n) is 22.9. The fourth-order valence-electron chi connectivity index (χ4n) is 4.18. The number of hydrogen-bond donors (Lipinski definition) is 2. The van der Waals surface area contributed by atoms with Crippen molar-refractivity contribution >= 4 is 23.2 Å². The van der Waals surface area contributed by atoms with E-state index in [2.05, 4.69) is 53.6 Å². The molecule has 3 aromatic rings. The molecule has 36 heavy (non-hydrogen) atoms. The van der Waals surface area contributed by atoms with Crippen LogP contribution in [0.4, 0.5) is 11.4 Å². The van der Waals surface area contributed by atoms with Gasteiger partial charge in [0.05, 0.1) is 11.3 Å². The molecule has 0 aromatic heterocycles. The normalized spacial score (nSPS) is 12.2. The first-order chi connectivity index (χ1) is 17.4. The van der Waals surface area contributed by atoms with Crippen molar-refractivity contribution in [3.8, 4) is 0 Å². The predicted molar refractivity (Wildman–Crippen MR) is 152 cm³/mol. The van der Waals surface area contributed by atoms with Gasteiger partial charge in [0.2, 0.25) is 5.91 Å². The molecule has 0 radical (unpaired) electrons. The quantitative estimate of drug-likeness (QED) is 0.403. The van der Waals surface area contributed by atoms with Crippen LogP contribution >= 0.6 is 0 Å². The number of carbonyl (C=O) groups is 2. The second-order valence-corrected chi connectivity index (χ2v) is 8.54. The van der Waals surface area contributed by atoms with Gasteiger partial charge >= 0.3 is 0 Å². The lowest BCUT2D eigenvalue weighted by molar-refractivity contribution is -0.114. The molecule has 2 amide bonds. The van der Waals surface area contributed by atoms with Crippen LogP contribution in [0.25, 0.3) is 0 Å². The third kappa shape index (κ3) is 7.79. The first-order valence-electron chi connectivity index (χ1n) is 13.0. The minimum Gasteiger partial charge on any atom is -0.326 e. The summed E-state index contributed by atoms with van der Waals surface area (Å²) < 4.78 is 0. The highest BCUT2D eigenvalue weighted by Crippen LogP contribution is 2.24. The van der Waals surface area contributed by atoms with Crippen LogP contribution < -0.4 is 10.6 Å². The maximum absolute atomic E-state index is 12.7. The van der Waals surface area contributed by atoms with Gasteiger partial charge in [-0.25, -0.2) is 0 Å². The Hall–Kier alpha value is -3.44. The fourth-order valence-corrected chi connectivity index (χ4v) is 4.18. The summed E-state index contributed by atoms with van der Waals surface area (Å²) in [5, 5.41) is 5.63. The van der Waals surface area contributed by atoms with Gasteiger partial charge in [-0.2, -0.15) is 0 Å². The summed E-state index contributed by atoms with van der Waals surface area (Å²) in [5.74, 6) is -0.458. The van der Waals surface area contributed by atoms with Crippen LogP contribution in [0.3, 0.4) is 0 Å². The van der Waals surface area contributed by atoms with Gasteiger partial charge in [0.25, 0.3) is 5.91 Å². The van der Waals surface area contributed by atoms with Gasteiger partial charge in [-0.3, -0.25) is 14.5 Å². The summed E-state index contributed by atoms with van der Waals surface area (Å²) in [5.41, 5.74) is 8.51. The summed E-state index contributed by atoms with van der Waals surface area (Å²) in [6, 6.07) is 19.6. The Morgan fingerprint density at radius 1 is 0.833 bits per heavy atom. The number of hydrogen-bond acceptors (Lipinski definition) is 3. The average Bonchev–Trinajstić information content (AvgIpc) is 2.88. The number of anilines is 2. The average molecular weight is 488 g/mol. The molecule has 0 aliphatic carbocycles. The molecule has 2 N–H and O–H groups in total. The van der Waals surface area contributed by atoms with Gasteiger partial charge in [0.1, 0.15) is 0 Å². The van der Waals surface area contributed by atoms with Crippen molar-refractivity contribution in [2.75, 3.05) is 17.2 Å². The van der Waals surface area contributed by atoms with E-state index in [1.165, 1.54) is 34.7 Å². The van der Waals surface area contributed by atoms with Crippen molar-refractivity contribution in [2.45, 2.75) is 68.0 Å². The van der Waals surface area contributed by atoms with Gasteiger partial charge in [-0.15, -0.1) is 0 Å². The maximum atomic E-state index is 12.7. The van der Waals surface area contributed by atoms with E-state index in [-0.39, 0.29) is 11.8 Å². The van der Waals surface area contributed by atoms with Crippen molar-refractivity contribution in [1.82, 2.24) is 4.90 Å². The number of nitrogens with zero attached hydrogens (tertiary/aromatic N) is 1. The number of aryl methyl sites for hydroxylation is 2. The Balaban J connectivity index is 0.00000109. The molecule has 4 rings (SSSR count). The predicted octanol–water partition coefficient (Wildman–Crippen LogP) is 7.12. The van der Waals surface area contributed by atoms with Crippen LogP contribution in [0.2, 0.25) is 0 Å². The standard InChI is InChI=1S/C27H29N3O2.2C2H6/c1-18-14-22-12-13-30(17-23(22)15-19(18)2)16-21-8-10-24(11-9-21)29-27(32)25-6-4-5-7-26(25)28-20(3)31;2*1-2/h4-11,14-15H,12-13,16-17H2,1-3H3,(H,28,31)(H,29,32);2*1-2H3. The van der Waals surface area contributed by atoms with E-state index in [1.807, 2.05) is 39.8 Å². The molecule has 1 aliphatic heterocycles. The minimum absolute atomic E-state index is 0.208. The van der Waals surface area contributed by atoms with Crippen LogP contribution in [0.5, 0.6) is 0 Å². The topological polar surface area (TPSA) is 61.4 Å². The molecule has 0 unspecified atom stereocenters. The molecule has 0 bridgehead atoms. The van der Waals surface area contributed by atoms with E-state index in [9.17, 15) is 9.59 Å². The third-order valence-corrected chi connectivity index (χ3v) is 6.01. The number of fused-ring (bicyclic) bond motifs is 1. The molecule has 0 spiro atoms. The smallest absolute Gasteiger partial charge is 0.257 e. The maximum Gasteiger partial charge on any atom is 0.257 e. The third-order valence-electron chi connectivity index (χ3n) is 6.01. The number of rotatable bonds is 5. The lowest BCUT2D eigenvalue weighted by Gasteiger charge is -2.29. The molecule has 0 fully saturated rings. The minimum atomic E-state index is -0.250. The molecule has 3 aromatic carbocycles. The summed E-state index contributed by atoms with van der Waals surface area (Å²) in [7, 11) is 0. The Morgan fingerprint density at radius 2 is 1.44 bits per heavy atom. The molecule has 192 valence electrons. The Bertz CT molecular complexity index is 1150. The first kappa shape index (κ1) is 28.8. The van der Waals surface area contributed by atoms with Crippen molar-refractivity contribution in [3.05, 3.63) is 94.0 Å². The van der Waals surface area contributed by atoms with Gasteiger partial charge in [0.15, 0.2) is 0 Å². The second-order valence-electron chi connectivity index (χ2n) is 8.54. The van der Waals surface area contributed by atoms with Crippen LogP contribution in [0.15, 0.2) is 60.7 Å². The molecule has 1 aliphatic rings. The van der Waals surface area contributed by atoms with Gasteiger partial charge in [-0.05, 0) is 72.4 Å². The number of benzene rings is 3. The summed E-state index contributed by atoms with van der Waals surface area (Å²) in [4.78, 5) is 26.6. The Morgan fingerprint density at radius 3 is 2.08 bits per heavy atom. The Labute approximate surface area is 216 Å². The number of para-hydroxylation sites is 1. The largest absolute Gasteiger partial charge is 0.326 e. The van der Waals surface area contributed by atoms with Crippen LogP contribution in [0.1, 0.15) is 72.8 Å². The van der Waals surface area contributed by atoms with E-state index in [1.54, 1.807) is 24.3 Å². The van der Waals surface area contributed by atoms with E-state index in [0.717, 1.165) is 31.7 Å². The van der Waals surface area contributed by atoms with Crippen LogP contribution in [0, 0.1) is 13.8 Å². The SMILES string of the molecule is CC.CC.CC(=O)Nc1ccccc1C(=O)Nc1ccc(CN2CCc3cc(C)c(C)cc3C2)cc1. The fraction of sp³-hybridized carbons (Fsp3) is 0.355. The van der Waals surface area contributed by atoms with Crippen molar-refractivity contribution in [1.29, 1.82) is 0 Å².